The molecule has 0 fully saturated rings. The van der Waals surface area contributed by atoms with Crippen LogP contribution in [0.1, 0.15) is 29.0 Å². The van der Waals surface area contributed by atoms with Crippen molar-refractivity contribution in [2.24, 2.45) is 10.9 Å². The summed E-state index contributed by atoms with van der Waals surface area (Å²) in [7, 11) is 0. The molecule has 0 spiro atoms. The summed E-state index contributed by atoms with van der Waals surface area (Å²) in [5.74, 6) is 1.45. The zero-order chi connectivity index (χ0) is 16.1. The van der Waals surface area contributed by atoms with Crippen LogP contribution in [0.2, 0.25) is 5.02 Å². The predicted octanol–water partition coefficient (Wildman–Crippen LogP) is 3.05. The van der Waals surface area contributed by atoms with Crippen LogP contribution in [0, 0.1) is 13.8 Å². The molecule has 0 aliphatic carbocycles. The molecule has 0 saturated heterocycles. The highest BCUT2D eigenvalue weighted by Gasteiger charge is 2.10. The van der Waals surface area contributed by atoms with Crippen LogP contribution in [0.4, 0.5) is 0 Å². The smallest absolute Gasteiger partial charge is 0.170 e. The van der Waals surface area contributed by atoms with Gasteiger partial charge in [0.15, 0.2) is 5.84 Å². The molecule has 0 radical (unpaired) electrons. The molecule has 0 aliphatic rings. The molecule has 2 aromatic rings. The van der Waals surface area contributed by atoms with Crippen LogP contribution in [0.3, 0.4) is 0 Å². The summed E-state index contributed by atoms with van der Waals surface area (Å²) in [6, 6.07) is 5.28. The van der Waals surface area contributed by atoms with Crippen molar-refractivity contribution in [2.45, 2.75) is 26.7 Å². The van der Waals surface area contributed by atoms with Gasteiger partial charge in [-0.1, -0.05) is 21.9 Å². The van der Waals surface area contributed by atoms with Gasteiger partial charge in [-0.15, -0.1) is 0 Å². The van der Waals surface area contributed by atoms with Crippen molar-refractivity contribution in [2.75, 3.05) is 6.61 Å². The molecule has 0 amide bonds. The first-order valence-electron chi connectivity index (χ1n) is 6.84. The number of benzene rings is 1. The number of oxime groups is 1. The van der Waals surface area contributed by atoms with Crippen LogP contribution in [0.5, 0.6) is 5.75 Å². The molecule has 0 saturated carbocycles. The standard InChI is InChI=1S/C15H18ClN3O3/c1-9-6-11(15(17)18-20)8-13(16)14(9)21-5-3-4-12-7-10(2)19-22-12/h6-8,20H,3-5H2,1-2H3,(H2,17,18). The third-order valence-electron chi connectivity index (χ3n) is 3.12. The largest absolute Gasteiger partial charge is 0.492 e. The second kappa shape index (κ2) is 7.17. The molecule has 3 N–H and O–H groups in total. The Hall–Kier alpha value is -2.21. The molecule has 1 heterocycles. The molecule has 6 nitrogen and oxygen atoms in total. The van der Waals surface area contributed by atoms with Crippen LogP contribution in [-0.4, -0.2) is 22.8 Å². The van der Waals surface area contributed by atoms with Crippen LogP contribution in [0.15, 0.2) is 27.9 Å². The van der Waals surface area contributed by atoms with E-state index in [0.29, 0.717) is 22.9 Å². The predicted molar refractivity (Wildman–Crippen MR) is 83.8 cm³/mol. The van der Waals surface area contributed by atoms with Crippen LogP contribution < -0.4 is 10.5 Å². The van der Waals surface area contributed by atoms with Crippen molar-refractivity contribution in [3.8, 4) is 5.75 Å². The Morgan fingerprint density at radius 2 is 2.18 bits per heavy atom. The van der Waals surface area contributed by atoms with Gasteiger partial charge in [-0.2, -0.15) is 0 Å². The van der Waals surface area contributed by atoms with Crippen molar-refractivity contribution in [1.82, 2.24) is 5.16 Å². The molecule has 22 heavy (non-hydrogen) atoms. The highest BCUT2D eigenvalue weighted by molar-refractivity contribution is 6.32. The first-order chi connectivity index (χ1) is 10.5. The molecule has 118 valence electrons. The summed E-state index contributed by atoms with van der Waals surface area (Å²) in [5.41, 5.74) is 7.80. The van der Waals surface area contributed by atoms with E-state index in [1.54, 1.807) is 12.1 Å². The molecule has 1 aromatic carbocycles. The van der Waals surface area contributed by atoms with E-state index in [9.17, 15) is 0 Å². The van der Waals surface area contributed by atoms with Gasteiger partial charge in [0, 0.05) is 18.1 Å². The molecule has 1 aromatic heterocycles. The zero-order valence-electron chi connectivity index (χ0n) is 12.5. The first kappa shape index (κ1) is 16.2. The Labute approximate surface area is 133 Å². The summed E-state index contributed by atoms with van der Waals surface area (Å²) < 4.78 is 10.9. The maximum Gasteiger partial charge on any atom is 0.170 e. The number of hydrogen-bond acceptors (Lipinski definition) is 5. The average Bonchev–Trinajstić information content (AvgIpc) is 2.90. The lowest BCUT2D eigenvalue weighted by Gasteiger charge is -2.12. The van der Waals surface area contributed by atoms with Crippen molar-refractivity contribution in [3.63, 3.8) is 0 Å². The van der Waals surface area contributed by atoms with Gasteiger partial charge in [0.25, 0.3) is 0 Å². The summed E-state index contributed by atoms with van der Waals surface area (Å²) in [6.45, 7) is 4.24. The molecule has 2 rings (SSSR count). The summed E-state index contributed by atoms with van der Waals surface area (Å²) in [4.78, 5) is 0. The number of halogens is 1. The van der Waals surface area contributed by atoms with Gasteiger partial charge >= 0.3 is 0 Å². The van der Waals surface area contributed by atoms with E-state index >= 15 is 0 Å². The number of amidine groups is 1. The second-order valence-electron chi connectivity index (χ2n) is 4.98. The number of aromatic nitrogens is 1. The van der Waals surface area contributed by atoms with E-state index in [1.165, 1.54) is 0 Å². The lowest BCUT2D eigenvalue weighted by Crippen LogP contribution is -2.13. The Bertz CT molecular complexity index is 659. The highest BCUT2D eigenvalue weighted by Crippen LogP contribution is 2.30. The fraction of sp³-hybridized carbons (Fsp3) is 0.333. The number of aryl methyl sites for hydroxylation is 3. The quantitative estimate of drug-likeness (QED) is 0.280. The fourth-order valence-corrected chi connectivity index (χ4v) is 2.40. The summed E-state index contributed by atoms with van der Waals surface area (Å²) >= 11 is 6.19. The third kappa shape index (κ3) is 3.92. The van der Waals surface area contributed by atoms with E-state index in [1.807, 2.05) is 19.9 Å². The van der Waals surface area contributed by atoms with Gasteiger partial charge < -0.3 is 20.2 Å². The molecular formula is C15H18ClN3O3. The number of ether oxygens (including phenoxy) is 1. The van der Waals surface area contributed by atoms with Crippen LogP contribution in [-0.2, 0) is 6.42 Å². The van der Waals surface area contributed by atoms with Gasteiger partial charge in [-0.25, -0.2) is 0 Å². The normalized spacial score (nSPS) is 11.7. The van der Waals surface area contributed by atoms with E-state index in [-0.39, 0.29) is 5.84 Å². The molecular weight excluding hydrogens is 306 g/mol. The average molecular weight is 324 g/mol. The lowest BCUT2D eigenvalue weighted by molar-refractivity contribution is 0.298. The number of nitrogens with two attached hydrogens (primary N) is 1. The minimum atomic E-state index is 0.0113. The van der Waals surface area contributed by atoms with Gasteiger partial charge in [0.05, 0.1) is 17.3 Å². The van der Waals surface area contributed by atoms with E-state index in [0.717, 1.165) is 29.9 Å². The first-order valence-corrected chi connectivity index (χ1v) is 7.22. The number of rotatable bonds is 6. The molecule has 0 atom stereocenters. The summed E-state index contributed by atoms with van der Waals surface area (Å²) in [6.07, 6.45) is 1.53. The number of hydrogen-bond donors (Lipinski definition) is 2. The Kier molecular flexibility index (Phi) is 5.27. The minimum absolute atomic E-state index is 0.0113. The number of nitrogens with zero attached hydrogens (tertiary/aromatic N) is 2. The van der Waals surface area contributed by atoms with Crippen molar-refractivity contribution < 1.29 is 14.5 Å². The molecule has 0 bridgehead atoms. The fourth-order valence-electron chi connectivity index (χ4n) is 2.07. The molecule has 0 unspecified atom stereocenters. The van der Waals surface area contributed by atoms with Gasteiger partial charge in [-0.05, 0) is 38.0 Å². The SMILES string of the molecule is Cc1cc(CCCOc2c(C)cc(C(N)=NO)cc2Cl)on1. The maximum absolute atomic E-state index is 8.70. The Balaban J connectivity index is 1.95. The van der Waals surface area contributed by atoms with Crippen LogP contribution >= 0.6 is 11.6 Å². The Morgan fingerprint density at radius 1 is 1.41 bits per heavy atom. The Morgan fingerprint density at radius 3 is 2.77 bits per heavy atom. The van der Waals surface area contributed by atoms with Crippen molar-refractivity contribution >= 4 is 17.4 Å². The lowest BCUT2D eigenvalue weighted by atomic mass is 10.1. The topological polar surface area (TPSA) is 93.9 Å². The second-order valence-corrected chi connectivity index (χ2v) is 5.38. The summed E-state index contributed by atoms with van der Waals surface area (Å²) in [5, 5.41) is 15.9. The molecule has 0 aliphatic heterocycles. The van der Waals surface area contributed by atoms with E-state index < -0.39 is 0 Å². The van der Waals surface area contributed by atoms with Crippen LogP contribution in [0.25, 0.3) is 0 Å². The monoisotopic (exact) mass is 323 g/mol. The minimum Gasteiger partial charge on any atom is -0.492 e. The van der Waals surface area contributed by atoms with Crippen molar-refractivity contribution in [1.29, 1.82) is 0 Å². The van der Waals surface area contributed by atoms with Gasteiger partial charge in [0.2, 0.25) is 0 Å². The third-order valence-corrected chi connectivity index (χ3v) is 3.40. The highest BCUT2D eigenvalue weighted by atomic mass is 35.5. The zero-order valence-corrected chi connectivity index (χ0v) is 13.2. The van der Waals surface area contributed by atoms with E-state index in [2.05, 4.69) is 10.3 Å². The molecule has 7 heteroatoms. The van der Waals surface area contributed by atoms with Gasteiger partial charge in [-0.3, -0.25) is 0 Å². The van der Waals surface area contributed by atoms with E-state index in [4.69, 9.17) is 31.8 Å². The van der Waals surface area contributed by atoms with Crippen molar-refractivity contribution in [3.05, 3.63) is 45.8 Å². The maximum atomic E-state index is 8.70. The van der Waals surface area contributed by atoms with Gasteiger partial charge in [0.1, 0.15) is 11.5 Å².